The molecule has 0 radical (unpaired) electrons. The van der Waals surface area contributed by atoms with Crippen molar-refractivity contribution in [2.75, 3.05) is 0 Å². The lowest BCUT2D eigenvalue weighted by atomic mass is 9.96. The molecular weight excluding hydrogens is 228 g/mol. The highest BCUT2D eigenvalue weighted by atomic mass is 16.5. The summed E-state index contributed by atoms with van der Waals surface area (Å²) in [5.41, 5.74) is 0. The van der Waals surface area contributed by atoms with Crippen LogP contribution in [0.3, 0.4) is 0 Å². The first-order valence-electron chi connectivity index (χ1n) is 7.55. The standard InChI is InChI=1S/C15H26O3/c1-11(10-14(16)12-6-2-3-7-12)18-15(17)13-8-4-5-9-13/h11-14,16H,2-10H2,1H3/t11-,14+/m0/s1. The number of hydrogen-bond acceptors (Lipinski definition) is 3. The number of ether oxygens (including phenoxy) is 1. The van der Waals surface area contributed by atoms with Gasteiger partial charge in [0.1, 0.15) is 6.10 Å². The molecule has 3 nitrogen and oxygen atoms in total. The Morgan fingerprint density at radius 3 is 2.33 bits per heavy atom. The van der Waals surface area contributed by atoms with Crippen molar-refractivity contribution in [1.29, 1.82) is 0 Å². The zero-order valence-electron chi connectivity index (χ0n) is 11.4. The summed E-state index contributed by atoms with van der Waals surface area (Å²) in [6.45, 7) is 1.91. The summed E-state index contributed by atoms with van der Waals surface area (Å²) in [6.07, 6.45) is 9.16. The van der Waals surface area contributed by atoms with E-state index >= 15 is 0 Å². The molecule has 2 atom stereocenters. The Bertz CT molecular complexity index is 265. The van der Waals surface area contributed by atoms with Crippen LogP contribution in [0.4, 0.5) is 0 Å². The van der Waals surface area contributed by atoms with E-state index in [1.165, 1.54) is 12.8 Å². The van der Waals surface area contributed by atoms with Crippen LogP contribution in [0.15, 0.2) is 0 Å². The zero-order chi connectivity index (χ0) is 13.0. The molecule has 0 heterocycles. The highest BCUT2D eigenvalue weighted by molar-refractivity contribution is 5.72. The molecule has 104 valence electrons. The number of rotatable bonds is 5. The molecule has 2 saturated carbocycles. The lowest BCUT2D eigenvalue weighted by Gasteiger charge is -2.22. The maximum absolute atomic E-state index is 11.9. The van der Waals surface area contributed by atoms with Crippen molar-refractivity contribution in [2.24, 2.45) is 11.8 Å². The van der Waals surface area contributed by atoms with Crippen molar-refractivity contribution >= 4 is 5.97 Å². The summed E-state index contributed by atoms with van der Waals surface area (Å²) >= 11 is 0. The van der Waals surface area contributed by atoms with Gasteiger partial charge in [0.05, 0.1) is 12.0 Å². The van der Waals surface area contributed by atoms with Gasteiger partial charge in [-0.15, -0.1) is 0 Å². The summed E-state index contributed by atoms with van der Waals surface area (Å²) < 4.78 is 5.47. The van der Waals surface area contributed by atoms with Crippen LogP contribution in [-0.4, -0.2) is 23.3 Å². The predicted molar refractivity (Wildman–Crippen MR) is 70.1 cm³/mol. The van der Waals surface area contributed by atoms with Crippen molar-refractivity contribution in [1.82, 2.24) is 0 Å². The Hall–Kier alpha value is -0.570. The fourth-order valence-corrected chi connectivity index (χ4v) is 3.38. The van der Waals surface area contributed by atoms with Crippen LogP contribution in [0, 0.1) is 11.8 Å². The molecular formula is C15H26O3. The Balaban J connectivity index is 1.70. The first-order valence-corrected chi connectivity index (χ1v) is 7.55. The third-order valence-corrected chi connectivity index (χ3v) is 4.52. The van der Waals surface area contributed by atoms with E-state index in [1.54, 1.807) is 0 Å². The Labute approximate surface area is 110 Å². The molecule has 0 spiro atoms. The van der Waals surface area contributed by atoms with E-state index in [0.29, 0.717) is 12.3 Å². The number of aliphatic hydroxyl groups excluding tert-OH is 1. The van der Waals surface area contributed by atoms with Crippen molar-refractivity contribution in [3.8, 4) is 0 Å². The molecule has 0 aliphatic heterocycles. The molecule has 2 aliphatic rings. The molecule has 0 saturated heterocycles. The SMILES string of the molecule is C[C@@H](C[C@@H](O)C1CCCC1)OC(=O)C1CCCC1. The summed E-state index contributed by atoms with van der Waals surface area (Å²) in [5, 5.41) is 10.1. The van der Waals surface area contributed by atoms with Gasteiger partial charge in [0.2, 0.25) is 0 Å². The normalized spacial score (nSPS) is 25.2. The molecule has 0 amide bonds. The Morgan fingerprint density at radius 2 is 1.72 bits per heavy atom. The molecule has 18 heavy (non-hydrogen) atoms. The largest absolute Gasteiger partial charge is 0.462 e. The third-order valence-electron chi connectivity index (χ3n) is 4.52. The molecule has 2 rings (SSSR count). The van der Waals surface area contributed by atoms with Crippen molar-refractivity contribution in [3.05, 3.63) is 0 Å². The third kappa shape index (κ3) is 3.71. The van der Waals surface area contributed by atoms with Gasteiger partial charge in [-0.3, -0.25) is 4.79 Å². The quantitative estimate of drug-likeness (QED) is 0.767. The van der Waals surface area contributed by atoms with Crippen LogP contribution >= 0.6 is 0 Å². The molecule has 0 unspecified atom stereocenters. The number of hydrogen-bond donors (Lipinski definition) is 1. The second kappa shape index (κ2) is 6.55. The van der Waals surface area contributed by atoms with Crippen LogP contribution in [0.25, 0.3) is 0 Å². The fourth-order valence-electron chi connectivity index (χ4n) is 3.38. The summed E-state index contributed by atoms with van der Waals surface area (Å²) in [7, 11) is 0. The maximum Gasteiger partial charge on any atom is 0.309 e. The van der Waals surface area contributed by atoms with Crippen LogP contribution in [-0.2, 0) is 9.53 Å². The minimum atomic E-state index is -0.293. The smallest absolute Gasteiger partial charge is 0.309 e. The molecule has 1 N–H and O–H groups in total. The maximum atomic E-state index is 11.9. The lowest BCUT2D eigenvalue weighted by Crippen LogP contribution is -2.27. The van der Waals surface area contributed by atoms with Crippen molar-refractivity contribution in [2.45, 2.75) is 76.9 Å². The average molecular weight is 254 g/mol. The van der Waals surface area contributed by atoms with Gasteiger partial charge in [-0.1, -0.05) is 25.7 Å². The highest BCUT2D eigenvalue weighted by Crippen LogP contribution is 2.30. The number of carbonyl (C=O) groups is 1. The van der Waals surface area contributed by atoms with E-state index in [4.69, 9.17) is 4.74 Å². The van der Waals surface area contributed by atoms with E-state index in [1.807, 2.05) is 6.92 Å². The Morgan fingerprint density at radius 1 is 1.17 bits per heavy atom. The van der Waals surface area contributed by atoms with Gasteiger partial charge in [0.25, 0.3) is 0 Å². The highest BCUT2D eigenvalue weighted by Gasteiger charge is 2.28. The zero-order valence-corrected chi connectivity index (χ0v) is 11.4. The number of carbonyl (C=O) groups excluding carboxylic acids is 1. The van der Waals surface area contributed by atoms with Crippen LogP contribution in [0.1, 0.15) is 64.7 Å². The summed E-state index contributed by atoms with van der Waals surface area (Å²) in [4.78, 5) is 11.9. The summed E-state index contributed by atoms with van der Waals surface area (Å²) in [6, 6.07) is 0. The van der Waals surface area contributed by atoms with Crippen LogP contribution in [0.5, 0.6) is 0 Å². The van der Waals surface area contributed by atoms with Gasteiger partial charge in [0.15, 0.2) is 0 Å². The Kier molecular flexibility index (Phi) is 5.04. The van der Waals surface area contributed by atoms with Gasteiger partial charge in [-0.2, -0.15) is 0 Å². The van der Waals surface area contributed by atoms with E-state index in [-0.39, 0.29) is 24.1 Å². The van der Waals surface area contributed by atoms with Gasteiger partial charge in [-0.05, 0) is 38.5 Å². The van der Waals surface area contributed by atoms with Gasteiger partial charge < -0.3 is 9.84 Å². The van der Waals surface area contributed by atoms with Gasteiger partial charge >= 0.3 is 5.97 Å². The van der Waals surface area contributed by atoms with Crippen molar-refractivity contribution in [3.63, 3.8) is 0 Å². The molecule has 0 aromatic heterocycles. The molecule has 3 heteroatoms. The number of aliphatic hydroxyl groups is 1. The van der Waals surface area contributed by atoms with E-state index in [9.17, 15) is 9.90 Å². The first-order chi connectivity index (χ1) is 8.66. The minimum Gasteiger partial charge on any atom is -0.462 e. The van der Waals surface area contributed by atoms with E-state index < -0.39 is 0 Å². The molecule has 0 aromatic rings. The fraction of sp³-hybridized carbons (Fsp3) is 0.933. The second-order valence-corrected chi connectivity index (χ2v) is 6.08. The number of esters is 1. The van der Waals surface area contributed by atoms with Gasteiger partial charge in [0, 0.05) is 6.42 Å². The summed E-state index contributed by atoms with van der Waals surface area (Å²) in [5.74, 6) is 0.507. The van der Waals surface area contributed by atoms with Crippen molar-refractivity contribution < 1.29 is 14.6 Å². The molecule has 0 aromatic carbocycles. The molecule has 2 fully saturated rings. The second-order valence-electron chi connectivity index (χ2n) is 6.08. The molecule has 2 aliphatic carbocycles. The van der Waals surface area contributed by atoms with Crippen LogP contribution < -0.4 is 0 Å². The predicted octanol–water partition coefficient (Wildman–Crippen LogP) is 3.05. The topological polar surface area (TPSA) is 46.5 Å². The first kappa shape index (κ1) is 13.9. The lowest BCUT2D eigenvalue weighted by molar-refractivity contribution is -0.154. The van der Waals surface area contributed by atoms with E-state index in [2.05, 4.69) is 0 Å². The average Bonchev–Trinajstić information content (AvgIpc) is 3.02. The van der Waals surface area contributed by atoms with Crippen LogP contribution in [0.2, 0.25) is 0 Å². The van der Waals surface area contributed by atoms with E-state index in [0.717, 1.165) is 38.5 Å². The monoisotopic (exact) mass is 254 g/mol. The molecule has 0 bridgehead atoms. The minimum absolute atomic E-state index is 0.0429. The van der Waals surface area contributed by atoms with Gasteiger partial charge in [-0.25, -0.2) is 0 Å².